The standard InChI is InChI=1S/C27H33F9N2O7/c1-15(42-20(39)23(2,3)4)43-21(40)24(5,6)45-18-13-17(25(28,29)30)8-7-16(18)14-37-9-11-38(12-10-37)22(41)44-19(26(31,32)33)27(34,35)36/h7-8,13,15,19H,9-12,14H2,1-6H3. The van der Waals surface area contributed by atoms with Crippen molar-refractivity contribution in [2.75, 3.05) is 26.2 Å². The van der Waals surface area contributed by atoms with E-state index >= 15 is 0 Å². The third-order valence-electron chi connectivity index (χ3n) is 6.25. The Hall–Kier alpha value is -3.44. The van der Waals surface area contributed by atoms with Gasteiger partial charge in [-0.25, -0.2) is 9.59 Å². The third-order valence-corrected chi connectivity index (χ3v) is 6.25. The zero-order valence-corrected chi connectivity index (χ0v) is 25.1. The zero-order valence-electron chi connectivity index (χ0n) is 25.1. The maximum absolute atomic E-state index is 13.5. The maximum Gasteiger partial charge on any atom is 0.434 e. The van der Waals surface area contributed by atoms with Gasteiger partial charge in [0.05, 0.1) is 11.0 Å². The maximum atomic E-state index is 13.5. The minimum Gasteiger partial charge on any atom is -0.476 e. The second kappa shape index (κ2) is 13.5. The molecule has 0 spiro atoms. The molecule has 9 nitrogen and oxygen atoms in total. The van der Waals surface area contributed by atoms with Gasteiger partial charge < -0.3 is 23.8 Å². The van der Waals surface area contributed by atoms with E-state index in [9.17, 15) is 53.9 Å². The van der Waals surface area contributed by atoms with Crippen LogP contribution in [-0.4, -0.2) is 84.4 Å². The topological polar surface area (TPSA) is 94.6 Å². The van der Waals surface area contributed by atoms with Gasteiger partial charge in [-0.15, -0.1) is 0 Å². The summed E-state index contributed by atoms with van der Waals surface area (Å²) in [4.78, 5) is 39.1. The Morgan fingerprint density at radius 3 is 1.76 bits per heavy atom. The molecule has 1 aliphatic rings. The summed E-state index contributed by atoms with van der Waals surface area (Å²) in [5.41, 5.74) is -3.81. The van der Waals surface area contributed by atoms with Gasteiger partial charge in [0.15, 0.2) is 5.60 Å². The summed E-state index contributed by atoms with van der Waals surface area (Å²) in [5.74, 6) is -2.15. The van der Waals surface area contributed by atoms with E-state index in [1.807, 2.05) is 0 Å². The second-order valence-corrected chi connectivity index (χ2v) is 11.7. The van der Waals surface area contributed by atoms with Gasteiger partial charge in [0.1, 0.15) is 5.75 Å². The highest BCUT2D eigenvalue weighted by atomic mass is 19.4. The van der Waals surface area contributed by atoms with E-state index in [-0.39, 0.29) is 44.0 Å². The minimum absolute atomic E-state index is 0.111. The number of carbonyl (C=O) groups is 3. The molecule has 0 N–H and O–H groups in total. The lowest BCUT2D eigenvalue weighted by molar-refractivity contribution is -0.308. The number of carbonyl (C=O) groups excluding carboxylic acids is 3. The van der Waals surface area contributed by atoms with Crippen molar-refractivity contribution in [1.82, 2.24) is 9.80 Å². The first-order valence-electron chi connectivity index (χ1n) is 13.3. The fourth-order valence-electron chi connectivity index (χ4n) is 3.74. The SMILES string of the molecule is CC(OC(=O)C(C)(C)C)OC(=O)C(C)(C)Oc1cc(C(F)(F)F)ccc1CN1CCN(C(=O)OC(C(F)(F)F)C(F)(F)F)CC1. The molecule has 1 amide bonds. The van der Waals surface area contributed by atoms with Crippen LogP contribution in [0.5, 0.6) is 5.75 Å². The van der Waals surface area contributed by atoms with Crippen molar-refractivity contribution in [3.8, 4) is 5.75 Å². The lowest BCUT2D eigenvalue weighted by Gasteiger charge is -2.35. The van der Waals surface area contributed by atoms with E-state index in [4.69, 9.17) is 14.2 Å². The highest BCUT2D eigenvalue weighted by Gasteiger charge is 2.60. The number of alkyl halides is 9. The van der Waals surface area contributed by atoms with Crippen LogP contribution < -0.4 is 4.74 Å². The molecule has 1 fully saturated rings. The largest absolute Gasteiger partial charge is 0.476 e. The van der Waals surface area contributed by atoms with Gasteiger partial charge in [0.25, 0.3) is 6.10 Å². The molecule has 1 aromatic rings. The molecule has 1 aromatic carbocycles. The summed E-state index contributed by atoms with van der Waals surface area (Å²) in [6.45, 7) is 7.28. The molecular weight excluding hydrogens is 635 g/mol. The number of hydrogen-bond acceptors (Lipinski definition) is 8. The van der Waals surface area contributed by atoms with Crippen LogP contribution in [0.4, 0.5) is 44.3 Å². The molecule has 0 bridgehead atoms. The Bertz CT molecular complexity index is 1200. The van der Waals surface area contributed by atoms with Crippen molar-refractivity contribution in [3.05, 3.63) is 29.3 Å². The van der Waals surface area contributed by atoms with Crippen molar-refractivity contribution >= 4 is 18.0 Å². The van der Waals surface area contributed by atoms with Crippen LogP contribution in [0.2, 0.25) is 0 Å². The summed E-state index contributed by atoms with van der Waals surface area (Å²) in [5, 5.41) is 0. The highest BCUT2D eigenvalue weighted by molar-refractivity contribution is 5.80. The van der Waals surface area contributed by atoms with Gasteiger partial charge in [-0.05, 0) is 46.8 Å². The van der Waals surface area contributed by atoms with Crippen molar-refractivity contribution < 1.29 is 72.8 Å². The molecule has 18 heteroatoms. The van der Waals surface area contributed by atoms with E-state index in [1.165, 1.54) is 20.8 Å². The van der Waals surface area contributed by atoms with E-state index in [1.54, 1.807) is 25.7 Å². The van der Waals surface area contributed by atoms with Crippen molar-refractivity contribution in [3.63, 3.8) is 0 Å². The fourth-order valence-corrected chi connectivity index (χ4v) is 3.74. The number of rotatable bonds is 8. The lowest BCUT2D eigenvalue weighted by atomic mass is 9.97. The first-order chi connectivity index (χ1) is 20.2. The fraction of sp³-hybridized carbons (Fsp3) is 0.667. The molecule has 1 saturated heterocycles. The number of ether oxygens (including phenoxy) is 4. The number of esters is 2. The summed E-state index contributed by atoms with van der Waals surface area (Å²) < 4.78 is 137. The summed E-state index contributed by atoms with van der Waals surface area (Å²) in [6, 6.07) is 2.48. The van der Waals surface area contributed by atoms with Crippen molar-refractivity contribution in [1.29, 1.82) is 0 Å². The monoisotopic (exact) mass is 668 g/mol. The van der Waals surface area contributed by atoms with Gasteiger partial charge in [-0.1, -0.05) is 6.07 Å². The van der Waals surface area contributed by atoms with Crippen molar-refractivity contribution in [2.24, 2.45) is 5.41 Å². The molecule has 0 aromatic heterocycles. The molecule has 2 rings (SSSR count). The summed E-state index contributed by atoms with van der Waals surface area (Å²) >= 11 is 0. The van der Waals surface area contributed by atoms with Crippen LogP contribution in [0, 0.1) is 5.41 Å². The van der Waals surface area contributed by atoms with Crippen LogP contribution in [-0.2, 0) is 36.5 Å². The van der Waals surface area contributed by atoms with Gasteiger partial charge >= 0.3 is 36.6 Å². The number of piperazine rings is 1. The summed E-state index contributed by atoms with van der Waals surface area (Å²) in [6.07, 6.45) is -24.1. The molecule has 256 valence electrons. The smallest absolute Gasteiger partial charge is 0.434 e. The minimum atomic E-state index is -5.89. The average molecular weight is 669 g/mol. The Balaban J connectivity index is 2.17. The van der Waals surface area contributed by atoms with Crippen LogP contribution in [0.25, 0.3) is 0 Å². The Labute approximate surface area is 252 Å². The Morgan fingerprint density at radius 1 is 0.778 bits per heavy atom. The molecular formula is C27H33F9N2O7. The first-order valence-corrected chi connectivity index (χ1v) is 13.3. The third kappa shape index (κ3) is 10.8. The Morgan fingerprint density at radius 2 is 1.29 bits per heavy atom. The molecule has 0 aliphatic carbocycles. The average Bonchev–Trinajstić information content (AvgIpc) is 2.85. The quantitative estimate of drug-likeness (QED) is 0.187. The number of halogens is 9. The molecule has 1 unspecified atom stereocenters. The molecule has 45 heavy (non-hydrogen) atoms. The van der Waals surface area contributed by atoms with Crippen LogP contribution in [0.1, 0.15) is 52.7 Å². The number of amides is 1. The molecule has 1 atom stereocenters. The summed E-state index contributed by atoms with van der Waals surface area (Å²) in [7, 11) is 0. The van der Waals surface area contributed by atoms with Crippen LogP contribution >= 0.6 is 0 Å². The highest BCUT2D eigenvalue weighted by Crippen LogP contribution is 2.37. The first kappa shape index (κ1) is 37.7. The van der Waals surface area contributed by atoms with Crippen LogP contribution in [0.15, 0.2) is 18.2 Å². The molecule has 1 aliphatic heterocycles. The lowest BCUT2D eigenvalue weighted by Crippen LogP contribution is -2.52. The van der Waals surface area contributed by atoms with Crippen molar-refractivity contribution in [2.45, 2.75) is 84.6 Å². The number of nitrogens with zero attached hydrogens (tertiary/aromatic N) is 2. The Kier molecular flexibility index (Phi) is 11.3. The number of benzene rings is 1. The van der Waals surface area contributed by atoms with E-state index < -0.39 is 65.5 Å². The second-order valence-electron chi connectivity index (χ2n) is 11.7. The molecule has 0 radical (unpaired) electrons. The molecule has 1 heterocycles. The van der Waals surface area contributed by atoms with E-state index in [0.717, 1.165) is 12.1 Å². The predicted molar refractivity (Wildman–Crippen MR) is 136 cm³/mol. The molecule has 0 saturated carbocycles. The van der Waals surface area contributed by atoms with Gasteiger partial charge in [-0.3, -0.25) is 9.69 Å². The normalized spacial score (nSPS) is 16.3. The zero-order chi connectivity index (χ0) is 34.8. The predicted octanol–water partition coefficient (Wildman–Crippen LogP) is 6.09. The van der Waals surface area contributed by atoms with Gasteiger partial charge in [-0.2, -0.15) is 39.5 Å². The van der Waals surface area contributed by atoms with E-state index in [0.29, 0.717) is 11.0 Å². The van der Waals surface area contributed by atoms with Gasteiger partial charge in [0, 0.05) is 45.2 Å². The van der Waals surface area contributed by atoms with Gasteiger partial charge in [0.2, 0.25) is 6.29 Å². The number of hydrogen-bond donors (Lipinski definition) is 0. The van der Waals surface area contributed by atoms with E-state index in [2.05, 4.69) is 4.74 Å². The van der Waals surface area contributed by atoms with Crippen LogP contribution in [0.3, 0.4) is 0 Å².